The number of urea groups is 1. The van der Waals surface area contributed by atoms with Crippen LogP contribution in [0.15, 0.2) is 53.1 Å². The highest BCUT2D eigenvalue weighted by atomic mass is 79.9. The molecule has 102 valence electrons. The lowest BCUT2D eigenvalue weighted by Crippen LogP contribution is -2.58. The summed E-state index contributed by atoms with van der Waals surface area (Å²) in [5, 5.41) is 4.38. The maximum absolute atomic E-state index is 12.0. The Morgan fingerprint density at radius 3 is 2.75 bits per heavy atom. The zero-order chi connectivity index (χ0) is 13.9. The number of hydrazine groups is 1. The molecule has 1 aromatic carbocycles. The topological polar surface area (TPSA) is 57.3 Å². The molecule has 2 amide bonds. The number of anilines is 1. The molecule has 2 N–H and O–H groups in total. The van der Waals surface area contributed by atoms with E-state index in [9.17, 15) is 4.79 Å². The van der Waals surface area contributed by atoms with Crippen molar-refractivity contribution < 1.29 is 4.79 Å². The molecule has 0 bridgehead atoms. The number of nitrogens with zero attached hydrogens (tertiary/aromatic N) is 2. The van der Waals surface area contributed by atoms with E-state index in [0.29, 0.717) is 6.54 Å². The van der Waals surface area contributed by atoms with Gasteiger partial charge in [-0.1, -0.05) is 18.2 Å². The average molecular weight is 333 g/mol. The average Bonchev–Trinajstić information content (AvgIpc) is 2.49. The van der Waals surface area contributed by atoms with Gasteiger partial charge < -0.3 is 5.32 Å². The highest BCUT2D eigenvalue weighted by molar-refractivity contribution is 9.10. The molecule has 1 aliphatic heterocycles. The first-order valence-corrected chi connectivity index (χ1v) is 7.04. The van der Waals surface area contributed by atoms with Gasteiger partial charge >= 0.3 is 6.03 Å². The Bertz CT molecular complexity index is 620. The molecular formula is C14H13BrN4O. The minimum Gasteiger partial charge on any atom is -0.335 e. The molecule has 3 rings (SSSR count). The van der Waals surface area contributed by atoms with Gasteiger partial charge in [0.1, 0.15) is 0 Å². The third-order valence-electron chi connectivity index (χ3n) is 3.08. The fourth-order valence-electron chi connectivity index (χ4n) is 2.09. The van der Waals surface area contributed by atoms with E-state index in [-0.39, 0.29) is 12.1 Å². The smallest absolute Gasteiger partial charge is 0.335 e. The maximum atomic E-state index is 12.0. The SMILES string of the molecule is O=C1NCC(c2ccccn2)NN1c1ccccc1Br. The van der Waals surface area contributed by atoms with Crippen molar-refractivity contribution in [1.29, 1.82) is 0 Å². The van der Waals surface area contributed by atoms with Crippen molar-refractivity contribution in [2.24, 2.45) is 0 Å². The molecule has 20 heavy (non-hydrogen) atoms. The third kappa shape index (κ3) is 2.52. The Kier molecular flexibility index (Phi) is 3.66. The minimum absolute atomic E-state index is 0.0546. The summed E-state index contributed by atoms with van der Waals surface area (Å²) >= 11 is 3.46. The number of rotatable bonds is 2. The van der Waals surface area contributed by atoms with Crippen molar-refractivity contribution in [2.45, 2.75) is 6.04 Å². The van der Waals surface area contributed by atoms with Crippen LogP contribution in [-0.4, -0.2) is 17.6 Å². The van der Waals surface area contributed by atoms with Crippen LogP contribution < -0.4 is 15.8 Å². The van der Waals surface area contributed by atoms with Gasteiger partial charge in [-0.15, -0.1) is 0 Å². The van der Waals surface area contributed by atoms with E-state index in [1.807, 2.05) is 42.5 Å². The van der Waals surface area contributed by atoms with Crippen molar-refractivity contribution in [3.05, 3.63) is 58.8 Å². The van der Waals surface area contributed by atoms with Gasteiger partial charge in [0, 0.05) is 17.2 Å². The number of hydrogen-bond donors (Lipinski definition) is 2. The molecular weight excluding hydrogens is 320 g/mol. The first-order valence-electron chi connectivity index (χ1n) is 6.25. The second-order valence-electron chi connectivity index (χ2n) is 4.41. The standard InChI is InChI=1S/C14H13BrN4O/c15-10-5-1-2-7-13(10)19-14(20)17-9-12(18-19)11-6-3-4-8-16-11/h1-8,12,18H,9H2,(H,17,20). The van der Waals surface area contributed by atoms with Crippen LogP contribution in [0.5, 0.6) is 0 Å². The van der Waals surface area contributed by atoms with Gasteiger partial charge in [-0.25, -0.2) is 15.2 Å². The van der Waals surface area contributed by atoms with Gasteiger partial charge in [-0.05, 0) is 40.2 Å². The summed E-state index contributed by atoms with van der Waals surface area (Å²) < 4.78 is 0.851. The van der Waals surface area contributed by atoms with E-state index in [0.717, 1.165) is 15.9 Å². The van der Waals surface area contributed by atoms with E-state index in [4.69, 9.17) is 0 Å². The van der Waals surface area contributed by atoms with Crippen LogP contribution in [0, 0.1) is 0 Å². The van der Waals surface area contributed by atoms with Gasteiger partial charge in [0.15, 0.2) is 0 Å². The van der Waals surface area contributed by atoms with Crippen LogP contribution in [0.4, 0.5) is 10.5 Å². The third-order valence-corrected chi connectivity index (χ3v) is 3.75. The predicted molar refractivity (Wildman–Crippen MR) is 80.1 cm³/mol. The van der Waals surface area contributed by atoms with Crippen molar-refractivity contribution in [1.82, 2.24) is 15.7 Å². The van der Waals surface area contributed by atoms with Gasteiger partial charge in [0.2, 0.25) is 0 Å². The van der Waals surface area contributed by atoms with Gasteiger partial charge in [-0.2, -0.15) is 0 Å². The molecule has 1 saturated heterocycles. The maximum Gasteiger partial charge on any atom is 0.336 e. The molecule has 1 aromatic heterocycles. The number of amides is 2. The van der Waals surface area contributed by atoms with Crippen molar-refractivity contribution >= 4 is 27.6 Å². The summed E-state index contributed by atoms with van der Waals surface area (Å²) in [6.45, 7) is 0.511. The van der Waals surface area contributed by atoms with E-state index in [1.54, 1.807) is 6.20 Å². The van der Waals surface area contributed by atoms with Crippen LogP contribution in [0.2, 0.25) is 0 Å². The first kappa shape index (κ1) is 13.1. The fourth-order valence-corrected chi connectivity index (χ4v) is 2.56. The summed E-state index contributed by atoms with van der Waals surface area (Å²) in [6.07, 6.45) is 1.75. The Morgan fingerprint density at radius 2 is 2.00 bits per heavy atom. The summed E-state index contributed by atoms with van der Waals surface area (Å²) in [6, 6.07) is 13.1. The van der Waals surface area contributed by atoms with Gasteiger partial charge in [0.25, 0.3) is 0 Å². The highest BCUT2D eigenvalue weighted by Gasteiger charge is 2.28. The van der Waals surface area contributed by atoms with E-state index in [2.05, 4.69) is 31.7 Å². The molecule has 1 fully saturated rings. The number of para-hydroxylation sites is 1. The zero-order valence-electron chi connectivity index (χ0n) is 10.6. The van der Waals surface area contributed by atoms with Crippen LogP contribution >= 0.6 is 15.9 Å². The molecule has 5 nitrogen and oxygen atoms in total. The Balaban J connectivity index is 1.88. The van der Waals surface area contributed by atoms with Crippen molar-refractivity contribution in [2.75, 3.05) is 11.6 Å². The van der Waals surface area contributed by atoms with Crippen LogP contribution in [0.1, 0.15) is 11.7 Å². The Morgan fingerprint density at radius 1 is 1.20 bits per heavy atom. The van der Waals surface area contributed by atoms with Crippen LogP contribution in [0.3, 0.4) is 0 Å². The van der Waals surface area contributed by atoms with E-state index >= 15 is 0 Å². The normalized spacial score (nSPS) is 18.8. The summed E-state index contributed by atoms with van der Waals surface area (Å²) in [4.78, 5) is 16.4. The minimum atomic E-state index is -0.177. The van der Waals surface area contributed by atoms with Crippen LogP contribution in [-0.2, 0) is 0 Å². The molecule has 0 spiro atoms. The first-order chi connectivity index (χ1) is 9.75. The Labute approximate surface area is 125 Å². The quantitative estimate of drug-likeness (QED) is 0.888. The lowest BCUT2D eigenvalue weighted by molar-refractivity contribution is 0.233. The summed E-state index contributed by atoms with van der Waals surface area (Å²) in [5.74, 6) is 0. The lowest BCUT2D eigenvalue weighted by atomic mass is 10.2. The van der Waals surface area contributed by atoms with E-state index in [1.165, 1.54) is 5.01 Å². The fraction of sp³-hybridized carbons (Fsp3) is 0.143. The molecule has 1 unspecified atom stereocenters. The summed E-state index contributed by atoms with van der Waals surface area (Å²) in [7, 11) is 0. The second-order valence-corrected chi connectivity index (χ2v) is 5.26. The van der Waals surface area contributed by atoms with Gasteiger partial charge in [0.05, 0.1) is 17.4 Å². The van der Waals surface area contributed by atoms with Crippen LogP contribution in [0.25, 0.3) is 0 Å². The number of halogens is 1. The molecule has 1 atom stereocenters. The molecule has 2 heterocycles. The lowest BCUT2D eigenvalue weighted by Gasteiger charge is -2.34. The molecule has 1 aliphatic rings. The molecule has 2 aromatic rings. The molecule has 0 saturated carbocycles. The number of hydrogen-bond acceptors (Lipinski definition) is 3. The van der Waals surface area contributed by atoms with E-state index < -0.39 is 0 Å². The second kappa shape index (κ2) is 5.60. The van der Waals surface area contributed by atoms with Gasteiger partial charge in [-0.3, -0.25) is 4.98 Å². The number of carbonyl (C=O) groups is 1. The number of nitrogens with one attached hydrogen (secondary N) is 2. The largest absolute Gasteiger partial charge is 0.336 e. The van der Waals surface area contributed by atoms with Crippen molar-refractivity contribution in [3.63, 3.8) is 0 Å². The number of benzene rings is 1. The molecule has 0 aliphatic carbocycles. The number of carbonyl (C=O) groups excluding carboxylic acids is 1. The number of pyridine rings is 1. The molecule has 0 radical (unpaired) electrons. The zero-order valence-corrected chi connectivity index (χ0v) is 12.2. The highest BCUT2D eigenvalue weighted by Crippen LogP contribution is 2.27. The Hall–Kier alpha value is -1.92. The molecule has 6 heteroatoms. The summed E-state index contributed by atoms with van der Waals surface area (Å²) in [5.41, 5.74) is 4.87. The monoisotopic (exact) mass is 332 g/mol. The number of aromatic nitrogens is 1. The predicted octanol–water partition coefficient (Wildman–Crippen LogP) is 2.62. The van der Waals surface area contributed by atoms with Crippen molar-refractivity contribution in [3.8, 4) is 0 Å².